The highest BCUT2D eigenvalue weighted by Gasteiger charge is 2.23. The minimum Gasteiger partial charge on any atom is -0.356 e. The molecule has 0 aromatic carbocycles. The summed E-state index contributed by atoms with van der Waals surface area (Å²) in [5, 5.41) is 3.72. The second-order valence-corrected chi connectivity index (χ2v) is 7.98. The molecule has 138 valence electrons. The largest absolute Gasteiger partial charge is 0.356 e. The van der Waals surface area contributed by atoms with Crippen molar-refractivity contribution in [3.05, 3.63) is 48.2 Å². The number of fused-ring (bicyclic) bond motifs is 1. The molecule has 4 heteroatoms. The third-order valence-corrected chi connectivity index (χ3v) is 4.58. The van der Waals surface area contributed by atoms with Crippen LogP contribution in [0, 0.1) is 0 Å². The average Bonchev–Trinajstić information content (AvgIpc) is 2.61. The summed E-state index contributed by atoms with van der Waals surface area (Å²) < 4.78 is 0. The molecule has 4 nitrogen and oxygen atoms in total. The molecule has 0 saturated carbocycles. The van der Waals surface area contributed by atoms with Crippen molar-refractivity contribution >= 4 is 22.9 Å². The van der Waals surface area contributed by atoms with E-state index in [2.05, 4.69) is 54.2 Å². The van der Waals surface area contributed by atoms with Gasteiger partial charge in [-0.15, -0.1) is 0 Å². The molecule has 1 N–H and O–H groups in total. The van der Waals surface area contributed by atoms with Crippen molar-refractivity contribution in [2.75, 3.05) is 18.0 Å². The molecule has 1 saturated heterocycles. The molecule has 3 heterocycles. The van der Waals surface area contributed by atoms with Crippen LogP contribution >= 0.6 is 0 Å². The van der Waals surface area contributed by atoms with Gasteiger partial charge in [0.15, 0.2) is 0 Å². The van der Waals surface area contributed by atoms with Gasteiger partial charge < -0.3 is 10.2 Å². The Balaban J connectivity index is 1.69. The third kappa shape index (κ3) is 4.92. The predicted octanol–water partition coefficient (Wildman–Crippen LogP) is 4.58. The fraction of sp³-hybridized carbons (Fsp3) is 0.455. The molecular formula is C22H30N4. The van der Waals surface area contributed by atoms with Crippen molar-refractivity contribution in [3.8, 4) is 0 Å². The van der Waals surface area contributed by atoms with Crippen LogP contribution in [-0.4, -0.2) is 34.6 Å². The fourth-order valence-corrected chi connectivity index (χ4v) is 3.41. The fourth-order valence-electron chi connectivity index (χ4n) is 3.41. The number of anilines is 1. The number of aromatic nitrogens is 2. The summed E-state index contributed by atoms with van der Waals surface area (Å²) in [5.41, 5.74) is 3.04. The van der Waals surface area contributed by atoms with Crippen LogP contribution in [0.3, 0.4) is 0 Å². The summed E-state index contributed by atoms with van der Waals surface area (Å²) in [5.74, 6) is 1.06. The highest BCUT2D eigenvalue weighted by atomic mass is 15.2. The summed E-state index contributed by atoms with van der Waals surface area (Å²) in [6, 6.07) is 8.88. The maximum Gasteiger partial charge on any atom is 0.129 e. The van der Waals surface area contributed by atoms with E-state index in [4.69, 9.17) is 4.98 Å². The number of pyridine rings is 2. The minimum absolute atomic E-state index is 0.179. The molecule has 3 rings (SSSR count). The lowest BCUT2D eigenvalue weighted by Gasteiger charge is -2.36. The molecule has 2 aromatic rings. The van der Waals surface area contributed by atoms with Crippen LogP contribution in [0.15, 0.2) is 42.5 Å². The Morgan fingerprint density at radius 2 is 1.69 bits per heavy atom. The lowest BCUT2D eigenvalue weighted by atomic mass is 10.00. The Bertz CT molecular complexity index is 793. The van der Waals surface area contributed by atoms with Crippen LogP contribution in [0.25, 0.3) is 17.1 Å². The lowest BCUT2D eigenvalue weighted by Crippen LogP contribution is -2.49. The monoisotopic (exact) mass is 350 g/mol. The van der Waals surface area contributed by atoms with Gasteiger partial charge >= 0.3 is 0 Å². The second kappa shape index (κ2) is 8.00. The molecule has 1 aliphatic heterocycles. The Morgan fingerprint density at radius 1 is 1.00 bits per heavy atom. The van der Waals surface area contributed by atoms with E-state index in [0.29, 0.717) is 6.04 Å². The zero-order chi connectivity index (χ0) is 18.6. The first kappa shape index (κ1) is 18.6. The van der Waals surface area contributed by atoms with Crippen molar-refractivity contribution in [2.45, 2.75) is 52.1 Å². The van der Waals surface area contributed by atoms with Crippen molar-refractivity contribution in [2.24, 2.45) is 0 Å². The number of nitrogens with zero attached hydrogens (tertiary/aromatic N) is 3. The summed E-state index contributed by atoms with van der Waals surface area (Å²) in [4.78, 5) is 11.9. The topological polar surface area (TPSA) is 41.1 Å². The van der Waals surface area contributed by atoms with Crippen LogP contribution < -0.4 is 10.2 Å². The van der Waals surface area contributed by atoms with Crippen molar-refractivity contribution in [1.29, 1.82) is 0 Å². The number of piperidine rings is 1. The smallest absolute Gasteiger partial charge is 0.129 e. The molecule has 0 spiro atoms. The van der Waals surface area contributed by atoms with Gasteiger partial charge in [-0.2, -0.15) is 0 Å². The molecule has 1 fully saturated rings. The van der Waals surface area contributed by atoms with E-state index in [9.17, 15) is 0 Å². The molecule has 26 heavy (non-hydrogen) atoms. The van der Waals surface area contributed by atoms with E-state index in [-0.39, 0.29) is 5.54 Å². The minimum atomic E-state index is 0.179. The maximum absolute atomic E-state index is 4.84. The summed E-state index contributed by atoms with van der Waals surface area (Å²) in [7, 11) is 0. The van der Waals surface area contributed by atoms with Crippen LogP contribution in [0.4, 0.5) is 5.82 Å². The highest BCUT2D eigenvalue weighted by Crippen LogP contribution is 2.22. The van der Waals surface area contributed by atoms with Gasteiger partial charge in [0.1, 0.15) is 5.82 Å². The standard InChI is InChI=1S/C22H30N4/c1-5-6-7-8-17-9-10-20-19(23-17)11-12-21(24-20)26-15-13-18(14-16-26)25-22(2,3)4/h5-12,18,25H,13-16H2,1-4H3/b6-5+,8-7+. The molecule has 2 aromatic heterocycles. The second-order valence-electron chi connectivity index (χ2n) is 7.98. The van der Waals surface area contributed by atoms with E-state index in [1.54, 1.807) is 0 Å². The first-order chi connectivity index (χ1) is 12.4. The Hall–Kier alpha value is -2.20. The summed E-state index contributed by atoms with van der Waals surface area (Å²) in [6.07, 6.45) is 10.3. The van der Waals surface area contributed by atoms with Gasteiger partial charge in [-0.05, 0) is 70.9 Å². The van der Waals surface area contributed by atoms with Gasteiger partial charge in [0, 0.05) is 24.7 Å². The quantitative estimate of drug-likeness (QED) is 0.820. The van der Waals surface area contributed by atoms with Crippen molar-refractivity contribution in [3.63, 3.8) is 0 Å². The van der Waals surface area contributed by atoms with Crippen molar-refractivity contribution < 1.29 is 0 Å². The lowest BCUT2D eigenvalue weighted by molar-refractivity contribution is 0.316. The van der Waals surface area contributed by atoms with Gasteiger partial charge in [-0.1, -0.05) is 18.2 Å². The highest BCUT2D eigenvalue weighted by molar-refractivity contribution is 5.77. The van der Waals surface area contributed by atoms with Gasteiger partial charge in [0.05, 0.1) is 16.7 Å². The average molecular weight is 351 g/mol. The molecule has 0 bridgehead atoms. The van der Waals surface area contributed by atoms with E-state index < -0.39 is 0 Å². The van der Waals surface area contributed by atoms with Gasteiger partial charge in [-0.25, -0.2) is 9.97 Å². The molecule has 0 amide bonds. The predicted molar refractivity (Wildman–Crippen MR) is 112 cm³/mol. The molecule has 0 atom stereocenters. The Kier molecular flexibility index (Phi) is 5.72. The number of hydrogen-bond donors (Lipinski definition) is 1. The molecule has 0 radical (unpaired) electrons. The first-order valence-electron chi connectivity index (χ1n) is 9.54. The van der Waals surface area contributed by atoms with Gasteiger partial charge in [0.25, 0.3) is 0 Å². The molecule has 0 aliphatic carbocycles. The number of hydrogen-bond acceptors (Lipinski definition) is 4. The van der Waals surface area contributed by atoms with E-state index in [0.717, 1.165) is 48.5 Å². The van der Waals surface area contributed by atoms with Crippen LogP contribution in [0.1, 0.15) is 46.2 Å². The van der Waals surface area contributed by atoms with Gasteiger partial charge in [0.2, 0.25) is 0 Å². The first-order valence-corrected chi connectivity index (χ1v) is 9.54. The van der Waals surface area contributed by atoms with Gasteiger partial charge in [-0.3, -0.25) is 0 Å². The van der Waals surface area contributed by atoms with E-state index in [1.165, 1.54) is 0 Å². The molecule has 1 aliphatic rings. The number of rotatable bonds is 4. The number of allylic oxidation sites excluding steroid dienone is 3. The zero-order valence-electron chi connectivity index (χ0n) is 16.4. The molecular weight excluding hydrogens is 320 g/mol. The van der Waals surface area contributed by atoms with Crippen LogP contribution in [0.5, 0.6) is 0 Å². The number of nitrogens with one attached hydrogen (secondary N) is 1. The van der Waals surface area contributed by atoms with Crippen molar-refractivity contribution in [1.82, 2.24) is 15.3 Å². The SMILES string of the molecule is C/C=C/C=C/c1ccc2nc(N3CCC(NC(C)(C)C)CC3)ccc2n1. The zero-order valence-corrected chi connectivity index (χ0v) is 16.4. The van der Waals surface area contributed by atoms with Crippen LogP contribution in [0.2, 0.25) is 0 Å². The van der Waals surface area contributed by atoms with E-state index in [1.807, 2.05) is 37.3 Å². The molecule has 0 unspecified atom stereocenters. The maximum atomic E-state index is 4.84. The Morgan fingerprint density at radius 3 is 2.38 bits per heavy atom. The van der Waals surface area contributed by atoms with E-state index >= 15 is 0 Å². The Labute approximate surface area is 157 Å². The van der Waals surface area contributed by atoms with Crippen LogP contribution in [-0.2, 0) is 0 Å². The third-order valence-electron chi connectivity index (χ3n) is 4.58. The normalized spacial score (nSPS) is 17.0. The summed E-state index contributed by atoms with van der Waals surface area (Å²) in [6.45, 7) is 10.8. The summed E-state index contributed by atoms with van der Waals surface area (Å²) >= 11 is 0.